The van der Waals surface area contributed by atoms with E-state index in [4.69, 9.17) is 42.8 Å². The van der Waals surface area contributed by atoms with Gasteiger partial charge in [0.25, 0.3) is 5.91 Å². The number of nitrogens with zero attached hydrogens (tertiary/aromatic N) is 1. The molecule has 1 aliphatic heterocycles. The number of amides is 1. The van der Waals surface area contributed by atoms with Crippen LogP contribution in [0.25, 0.3) is 0 Å². The Hall–Kier alpha value is -3.40. The lowest BCUT2D eigenvalue weighted by Gasteiger charge is -2.31. The highest BCUT2D eigenvalue weighted by Gasteiger charge is 2.54. The zero-order chi connectivity index (χ0) is 30.9. The van der Waals surface area contributed by atoms with Gasteiger partial charge in [0.15, 0.2) is 11.6 Å². The molecular weight excluding hydrogens is 665 g/mol. The number of hydrogen-bond acceptors (Lipinski definition) is 6. The van der Waals surface area contributed by atoms with E-state index in [9.17, 15) is 4.79 Å². The van der Waals surface area contributed by atoms with Crippen LogP contribution in [0.3, 0.4) is 0 Å². The van der Waals surface area contributed by atoms with Crippen molar-refractivity contribution in [2.75, 3.05) is 19.8 Å². The molecule has 0 aliphatic carbocycles. The van der Waals surface area contributed by atoms with Gasteiger partial charge in [0.05, 0.1) is 6.61 Å². The van der Waals surface area contributed by atoms with Crippen LogP contribution >= 0.6 is 39.1 Å². The van der Waals surface area contributed by atoms with Crippen molar-refractivity contribution in [3.8, 4) is 5.75 Å². The monoisotopic (exact) mass is 695 g/mol. The summed E-state index contributed by atoms with van der Waals surface area (Å²) < 4.78 is 13.2. The minimum absolute atomic E-state index is 0.0565. The van der Waals surface area contributed by atoms with Gasteiger partial charge in [0.1, 0.15) is 5.75 Å². The fourth-order valence-electron chi connectivity index (χ4n) is 4.99. The normalized spacial score (nSPS) is 17.5. The van der Waals surface area contributed by atoms with Crippen molar-refractivity contribution in [2.45, 2.75) is 30.9 Å². The molecule has 0 fully saturated rings. The van der Waals surface area contributed by atoms with Crippen LogP contribution in [0.1, 0.15) is 34.8 Å². The zero-order valence-electron chi connectivity index (χ0n) is 23.8. The summed E-state index contributed by atoms with van der Waals surface area (Å²) in [6, 6.07) is 30.2. The van der Waals surface area contributed by atoms with E-state index < -0.39 is 11.6 Å². The van der Waals surface area contributed by atoms with Crippen LogP contribution < -0.4 is 15.6 Å². The molecule has 5 rings (SSSR count). The third-order valence-electron chi connectivity index (χ3n) is 7.25. The first kappa shape index (κ1) is 32.0. The quantitative estimate of drug-likeness (QED) is 0.105. The number of aliphatic hydroxyl groups excluding tert-OH is 1. The number of benzene rings is 4. The maximum Gasteiger partial charge on any atom is 0.266 e. The summed E-state index contributed by atoms with van der Waals surface area (Å²) in [5, 5.41) is 9.89. The van der Waals surface area contributed by atoms with Crippen molar-refractivity contribution in [3.63, 3.8) is 0 Å². The third kappa shape index (κ3) is 7.81. The molecule has 0 radical (unpaired) electrons. The molecule has 0 saturated heterocycles. The van der Waals surface area contributed by atoms with E-state index in [-0.39, 0.29) is 18.9 Å². The van der Waals surface area contributed by atoms with E-state index in [0.29, 0.717) is 52.4 Å². The Morgan fingerprint density at radius 3 is 2.43 bits per heavy atom. The number of carbonyl (C=O) groups excluding carboxylic acids is 1. The first-order valence-corrected chi connectivity index (χ1v) is 15.8. The number of halogens is 3. The Morgan fingerprint density at radius 1 is 0.977 bits per heavy atom. The fraction of sp³-hybridized carbons (Fsp3) is 0.235. The second-order valence-corrected chi connectivity index (χ2v) is 12.1. The Morgan fingerprint density at radius 2 is 1.73 bits per heavy atom. The van der Waals surface area contributed by atoms with Gasteiger partial charge in [-0.3, -0.25) is 10.2 Å². The van der Waals surface area contributed by atoms with E-state index in [2.05, 4.69) is 26.8 Å². The standard InChI is InChI=1S/C34H32BrCl2N3O4/c35-26-11-7-24(8-12-26)22-34(33(42)40-38-18-17-23-5-2-1-3-6-23)31(29-16-13-27(36)21-30(29)37)44-32(39-34)25-9-14-28(15-10-25)43-20-4-19-41/h1-3,5-16,21,31,38,41H,4,17-20,22H2,(H,40,42)/t31-,34-/m0/s1. The number of hydrazine groups is 1. The van der Waals surface area contributed by atoms with Gasteiger partial charge in [0.2, 0.25) is 5.90 Å². The van der Waals surface area contributed by atoms with Crippen LogP contribution in [-0.2, 0) is 22.4 Å². The average molecular weight is 697 g/mol. The van der Waals surface area contributed by atoms with Crippen molar-refractivity contribution >= 4 is 50.9 Å². The van der Waals surface area contributed by atoms with Gasteiger partial charge in [0, 0.05) is 51.6 Å². The number of rotatable bonds is 13. The molecule has 4 aromatic carbocycles. The van der Waals surface area contributed by atoms with Crippen molar-refractivity contribution in [1.29, 1.82) is 0 Å². The summed E-state index contributed by atoms with van der Waals surface area (Å²) in [5.41, 5.74) is 7.90. The maximum atomic E-state index is 14.3. The van der Waals surface area contributed by atoms with Crippen molar-refractivity contribution < 1.29 is 19.4 Å². The van der Waals surface area contributed by atoms with E-state index in [1.165, 1.54) is 0 Å². The molecule has 1 amide bonds. The predicted octanol–water partition coefficient (Wildman–Crippen LogP) is 6.88. The van der Waals surface area contributed by atoms with E-state index in [0.717, 1.165) is 22.0 Å². The number of aliphatic imine (C=N–C) groups is 1. The number of nitrogens with one attached hydrogen (secondary N) is 2. The van der Waals surface area contributed by atoms with Crippen molar-refractivity contribution in [1.82, 2.24) is 10.9 Å². The Kier molecular flexibility index (Phi) is 11.0. The smallest absolute Gasteiger partial charge is 0.266 e. The first-order chi connectivity index (χ1) is 21.4. The van der Waals surface area contributed by atoms with Crippen molar-refractivity contribution in [2.24, 2.45) is 4.99 Å². The van der Waals surface area contributed by atoms with Crippen LogP contribution in [0, 0.1) is 0 Å². The SMILES string of the molecule is O=C(NNCCc1ccccc1)[C@@]1(Cc2ccc(Br)cc2)N=C(c2ccc(OCCCO)cc2)O[C@H]1c1ccc(Cl)cc1Cl. The van der Waals surface area contributed by atoms with Crippen LogP contribution in [0.2, 0.25) is 10.0 Å². The summed E-state index contributed by atoms with van der Waals surface area (Å²) in [7, 11) is 0. The van der Waals surface area contributed by atoms with Gasteiger partial charge in [-0.15, -0.1) is 0 Å². The first-order valence-electron chi connectivity index (χ1n) is 14.3. The minimum atomic E-state index is -1.42. The third-order valence-corrected chi connectivity index (χ3v) is 8.34. The molecule has 4 aromatic rings. The highest BCUT2D eigenvalue weighted by atomic mass is 79.9. The molecule has 0 unspecified atom stereocenters. The lowest BCUT2D eigenvalue weighted by molar-refractivity contribution is -0.130. The van der Waals surface area contributed by atoms with Crippen LogP contribution in [0.4, 0.5) is 0 Å². The number of aliphatic hydroxyl groups is 1. The van der Waals surface area contributed by atoms with Gasteiger partial charge < -0.3 is 14.6 Å². The molecule has 0 saturated carbocycles. The molecule has 3 N–H and O–H groups in total. The highest BCUT2D eigenvalue weighted by molar-refractivity contribution is 9.10. The zero-order valence-corrected chi connectivity index (χ0v) is 26.9. The topological polar surface area (TPSA) is 92.2 Å². The van der Waals surface area contributed by atoms with Crippen LogP contribution in [0.15, 0.2) is 107 Å². The summed E-state index contributed by atoms with van der Waals surface area (Å²) in [4.78, 5) is 19.3. The molecule has 2 atom stereocenters. The van der Waals surface area contributed by atoms with Crippen molar-refractivity contribution in [3.05, 3.63) is 134 Å². The van der Waals surface area contributed by atoms with Gasteiger partial charge in [-0.25, -0.2) is 10.4 Å². The Balaban J connectivity index is 1.50. The molecule has 0 spiro atoms. The summed E-state index contributed by atoms with van der Waals surface area (Å²) >= 11 is 16.5. The maximum absolute atomic E-state index is 14.3. The number of carbonyl (C=O) groups is 1. The van der Waals surface area contributed by atoms with Gasteiger partial charge in [-0.2, -0.15) is 0 Å². The van der Waals surface area contributed by atoms with E-state index in [1.54, 1.807) is 18.2 Å². The van der Waals surface area contributed by atoms with Gasteiger partial charge in [-0.05, 0) is 66.1 Å². The van der Waals surface area contributed by atoms with E-state index >= 15 is 0 Å². The second-order valence-electron chi connectivity index (χ2n) is 10.4. The Bertz CT molecular complexity index is 1590. The number of hydrogen-bond donors (Lipinski definition) is 3. The predicted molar refractivity (Wildman–Crippen MR) is 177 cm³/mol. The van der Waals surface area contributed by atoms with Gasteiger partial charge in [-0.1, -0.05) is 87.7 Å². The molecular formula is C34H32BrCl2N3O4. The molecule has 0 bridgehead atoms. The highest BCUT2D eigenvalue weighted by Crippen LogP contribution is 2.45. The van der Waals surface area contributed by atoms with Crippen LogP contribution in [-0.4, -0.2) is 42.2 Å². The summed E-state index contributed by atoms with van der Waals surface area (Å²) in [6.45, 7) is 0.977. The van der Waals surface area contributed by atoms with Gasteiger partial charge >= 0.3 is 0 Å². The molecule has 1 heterocycles. The molecule has 0 aromatic heterocycles. The summed E-state index contributed by atoms with van der Waals surface area (Å²) in [6.07, 6.45) is 0.642. The lowest BCUT2D eigenvalue weighted by Crippen LogP contribution is -2.54. The molecule has 44 heavy (non-hydrogen) atoms. The summed E-state index contributed by atoms with van der Waals surface area (Å²) in [5.74, 6) is 0.600. The Labute approximate surface area is 275 Å². The van der Waals surface area contributed by atoms with Crippen LogP contribution in [0.5, 0.6) is 5.75 Å². The lowest BCUT2D eigenvalue weighted by atomic mass is 9.82. The molecule has 7 nitrogen and oxygen atoms in total. The molecule has 10 heteroatoms. The largest absolute Gasteiger partial charge is 0.494 e. The second kappa shape index (κ2) is 15.1. The molecule has 228 valence electrons. The molecule has 1 aliphatic rings. The van der Waals surface area contributed by atoms with E-state index in [1.807, 2.05) is 78.9 Å². The average Bonchev–Trinajstić information content (AvgIpc) is 3.41. The fourth-order valence-corrected chi connectivity index (χ4v) is 5.76. The number of ether oxygens (including phenoxy) is 2. The minimum Gasteiger partial charge on any atom is -0.494 e.